The zero-order valence-electron chi connectivity index (χ0n) is 8.91. The topological polar surface area (TPSA) is 33.3 Å². The highest BCUT2D eigenvalue weighted by Gasteiger charge is 2.11. The normalized spacial score (nSPS) is 21.2. The van der Waals surface area contributed by atoms with E-state index >= 15 is 0 Å². The number of benzene rings is 1. The quantitative estimate of drug-likeness (QED) is 0.783. The van der Waals surface area contributed by atoms with Crippen molar-refractivity contribution in [3.63, 3.8) is 0 Å². The summed E-state index contributed by atoms with van der Waals surface area (Å²) >= 11 is 0. The fourth-order valence-electron chi connectivity index (χ4n) is 1.75. The van der Waals surface area contributed by atoms with Crippen molar-refractivity contribution in [2.24, 2.45) is 0 Å². The molecule has 0 bridgehead atoms. The maximum atomic E-state index is 5.39. The van der Waals surface area contributed by atoms with Crippen LogP contribution in [0, 0.1) is 0 Å². The van der Waals surface area contributed by atoms with Crippen molar-refractivity contribution >= 4 is 5.69 Å². The van der Waals surface area contributed by atoms with Gasteiger partial charge in [-0.2, -0.15) is 0 Å². The molecule has 2 N–H and O–H groups in total. The Morgan fingerprint density at radius 3 is 2.93 bits per heavy atom. The Morgan fingerprint density at radius 1 is 1.33 bits per heavy atom. The lowest BCUT2D eigenvalue weighted by atomic mass is 10.2. The molecule has 1 aliphatic heterocycles. The van der Waals surface area contributed by atoms with Crippen LogP contribution in [0.3, 0.4) is 0 Å². The first-order chi connectivity index (χ1) is 7.45. The molecular weight excluding hydrogens is 188 g/mol. The molecule has 15 heavy (non-hydrogen) atoms. The Hall–Kier alpha value is -1.06. The molecule has 0 aliphatic carbocycles. The second-order valence-corrected chi connectivity index (χ2v) is 3.81. The second-order valence-electron chi connectivity index (χ2n) is 3.81. The van der Waals surface area contributed by atoms with Gasteiger partial charge in [0.2, 0.25) is 0 Å². The van der Waals surface area contributed by atoms with E-state index in [1.54, 1.807) is 0 Å². The monoisotopic (exact) mass is 206 g/mol. The third-order valence-electron chi connectivity index (χ3n) is 2.59. The number of nitrogens with one attached hydrogen (secondary N) is 2. The van der Waals surface area contributed by atoms with Gasteiger partial charge in [-0.05, 0) is 18.6 Å². The van der Waals surface area contributed by atoms with E-state index in [0.29, 0.717) is 6.04 Å². The molecule has 82 valence electrons. The molecule has 1 saturated heterocycles. The van der Waals surface area contributed by atoms with Crippen LogP contribution < -0.4 is 10.6 Å². The van der Waals surface area contributed by atoms with Gasteiger partial charge >= 0.3 is 0 Å². The smallest absolute Gasteiger partial charge is 0.0620 e. The summed E-state index contributed by atoms with van der Waals surface area (Å²) in [6.07, 6.45) is 1.11. The van der Waals surface area contributed by atoms with Crippen molar-refractivity contribution in [3.8, 4) is 0 Å². The van der Waals surface area contributed by atoms with Crippen LogP contribution in [0.1, 0.15) is 6.42 Å². The first-order valence-corrected chi connectivity index (χ1v) is 5.55. The highest BCUT2D eigenvalue weighted by Crippen LogP contribution is 2.05. The Morgan fingerprint density at radius 2 is 2.20 bits per heavy atom. The van der Waals surface area contributed by atoms with Crippen LogP contribution in [0.4, 0.5) is 5.69 Å². The number of rotatable bonds is 4. The molecule has 0 spiro atoms. The molecule has 0 saturated carbocycles. The molecule has 1 aromatic rings. The molecule has 0 amide bonds. The van der Waals surface area contributed by atoms with Crippen LogP contribution >= 0.6 is 0 Å². The van der Waals surface area contributed by atoms with Gasteiger partial charge in [0, 0.05) is 24.8 Å². The Kier molecular flexibility index (Phi) is 4.00. The van der Waals surface area contributed by atoms with E-state index in [9.17, 15) is 0 Å². The van der Waals surface area contributed by atoms with Gasteiger partial charge in [-0.25, -0.2) is 0 Å². The molecule has 0 aromatic heterocycles. The number of anilines is 1. The van der Waals surface area contributed by atoms with E-state index in [0.717, 1.165) is 32.7 Å². The summed E-state index contributed by atoms with van der Waals surface area (Å²) in [7, 11) is 0. The van der Waals surface area contributed by atoms with E-state index in [-0.39, 0.29) is 0 Å². The van der Waals surface area contributed by atoms with Gasteiger partial charge in [-0.1, -0.05) is 18.2 Å². The lowest BCUT2D eigenvalue weighted by Gasteiger charge is -2.23. The molecule has 1 heterocycles. The zero-order chi connectivity index (χ0) is 10.3. The Labute approximate surface area is 90.8 Å². The summed E-state index contributed by atoms with van der Waals surface area (Å²) < 4.78 is 5.39. The molecule has 3 nitrogen and oxygen atoms in total. The van der Waals surface area contributed by atoms with Crippen LogP contribution in [-0.2, 0) is 4.74 Å². The standard InChI is InChI=1S/C12H18N2O/c1-2-4-11(5-3-1)13-7-6-12-10-15-9-8-14-12/h1-5,12-14H,6-10H2. The van der Waals surface area contributed by atoms with Gasteiger partial charge in [-0.3, -0.25) is 0 Å². The van der Waals surface area contributed by atoms with E-state index in [2.05, 4.69) is 22.8 Å². The molecule has 1 fully saturated rings. The highest BCUT2D eigenvalue weighted by atomic mass is 16.5. The molecule has 1 atom stereocenters. The van der Waals surface area contributed by atoms with Crippen LogP contribution in [0.2, 0.25) is 0 Å². The third-order valence-corrected chi connectivity index (χ3v) is 2.59. The summed E-state index contributed by atoms with van der Waals surface area (Å²) in [5.74, 6) is 0. The number of hydrogen-bond donors (Lipinski definition) is 2. The van der Waals surface area contributed by atoms with Crippen molar-refractivity contribution < 1.29 is 4.74 Å². The summed E-state index contributed by atoms with van der Waals surface area (Å²) in [4.78, 5) is 0. The maximum absolute atomic E-state index is 5.39. The summed E-state index contributed by atoms with van der Waals surface area (Å²) in [5.41, 5.74) is 1.19. The summed E-state index contributed by atoms with van der Waals surface area (Å²) in [6, 6.07) is 10.8. The van der Waals surface area contributed by atoms with E-state index in [4.69, 9.17) is 4.74 Å². The van der Waals surface area contributed by atoms with Gasteiger partial charge in [0.25, 0.3) is 0 Å². The van der Waals surface area contributed by atoms with Crippen molar-refractivity contribution in [1.29, 1.82) is 0 Å². The van der Waals surface area contributed by atoms with Crippen molar-refractivity contribution in [3.05, 3.63) is 30.3 Å². The first kappa shape index (κ1) is 10.5. The van der Waals surface area contributed by atoms with Crippen LogP contribution in [0.15, 0.2) is 30.3 Å². The zero-order valence-corrected chi connectivity index (χ0v) is 8.91. The Balaban J connectivity index is 1.66. The number of hydrogen-bond acceptors (Lipinski definition) is 3. The van der Waals surface area contributed by atoms with Crippen molar-refractivity contribution in [2.45, 2.75) is 12.5 Å². The van der Waals surface area contributed by atoms with Gasteiger partial charge in [-0.15, -0.1) is 0 Å². The largest absolute Gasteiger partial charge is 0.385 e. The summed E-state index contributed by atoms with van der Waals surface area (Å²) in [5, 5.41) is 6.84. The van der Waals surface area contributed by atoms with E-state index in [1.165, 1.54) is 5.69 Å². The molecule has 1 aliphatic rings. The molecule has 1 aromatic carbocycles. The number of morpholine rings is 1. The molecular formula is C12H18N2O. The minimum Gasteiger partial charge on any atom is -0.385 e. The van der Waals surface area contributed by atoms with Crippen molar-refractivity contribution in [2.75, 3.05) is 31.6 Å². The average molecular weight is 206 g/mol. The van der Waals surface area contributed by atoms with E-state index in [1.807, 2.05) is 18.2 Å². The Bertz CT molecular complexity index is 270. The fourth-order valence-corrected chi connectivity index (χ4v) is 1.75. The lowest BCUT2D eigenvalue weighted by Crippen LogP contribution is -2.42. The van der Waals surface area contributed by atoms with Crippen LogP contribution in [0.25, 0.3) is 0 Å². The minimum atomic E-state index is 0.509. The molecule has 0 radical (unpaired) electrons. The van der Waals surface area contributed by atoms with Crippen LogP contribution in [-0.4, -0.2) is 32.3 Å². The van der Waals surface area contributed by atoms with E-state index < -0.39 is 0 Å². The predicted octanol–water partition coefficient (Wildman–Crippen LogP) is 1.48. The maximum Gasteiger partial charge on any atom is 0.0620 e. The highest BCUT2D eigenvalue weighted by molar-refractivity contribution is 5.42. The SMILES string of the molecule is c1ccc(NCCC2COCCN2)cc1. The molecule has 1 unspecified atom stereocenters. The van der Waals surface area contributed by atoms with Gasteiger partial charge in [0.15, 0.2) is 0 Å². The third kappa shape index (κ3) is 3.53. The fraction of sp³-hybridized carbons (Fsp3) is 0.500. The number of para-hydroxylation sites is 1. The minimum absolute atomic E-state index is 0.509. The van der Waals surface area contributed by atoms with Crippen molar-refractivity contribution in [1.82, 2.24) is 5.32 Å². The first-order valence-electron chi connectivity index (χ1n) is 5.55. The lowest BCUT2D eigenvalue weighted by molar-refractivity contribution is 0.0753. The van der Waals surface area contributed by atoms with Gasteiger partial charge in [0.1, 0.15) is 0 Å². The van der Waals surface area contributed by atoms with Gasteiger partial charge in [0.05, 0.1) is 13.2 Å². The number of ether oxygens (including phenoxy) is 1. The molecule has 3 heteroatoms. The molecule has 2 rings (SSSR count). The predicted molar refractivity (Wildman–Crippen MR) is 62.2 cm³/mol. The van der Waals surface area contributed by atoms with Gasteiger partial charge < -0.3 is 15.4 Å². The second kappa shape index (κ2) is 5.73. The summed E-state index contributed by atoms with van der Waals surface area (Å²) in [6.45, 7) is 3.67. The van der Waals surface area contributed by atoms with Crippen LogP contribution in [0.5, 0.6) is 0 Å². The average Bonchev–Trinajstić information content (AvgIpc) is 2.32.